The molecule has 2 aromatic rings. The third-order valence-corrected chi connectivity index (χ3v) is 5.31. The van der Waals surface area contributed by atoms with Crippen LogP contribution in [-0.4, -0.2) is 46.5 Å². The van der Waals surface area contributed by atoms with Crippen molar-refractivity contribution in [3.63, 3.8) is 0 Å². The van der Waals surface area contributed by atoms with Crippen LogP contribution in [0.1, 0.15) is 35.3 Å². The fourth-order valence-corrected chi connectivity index (χ4v) is 3.93. The van der Waals surface area contributed by atoms with E-state index in [1.165, 1.54) is 6.26 Å². The Hall–Kier alpha value is -2.70. The van der Waals surface area contributed by atoms with Gasteiger partial charge in [-0.2, -0.15) is 0 Å². The maximum atomic E-state index is 13.1. The van der Waals surface area contributed by atoms with Crippen molar-refractivity contribution in [2.45, 2.75) is 26.2 Å². The molecule has 0 saturated carbocycles. The van der Waals surface area contributed by atoms with Gasteiger partial charge in [0.1, 0.15) is 11.8 Å². The van der Waals surface area contributed by atoms with Gasteiger partial charge in [0.2, 0.25) is 5.91 Å². The molecular formula is C18H20N4O3. The van der Waals surface area contributed by atoms with Crippen molar-refractivity contribution in [3.05, 3.63) is 42.0 Å². The second-order valence-corrected chi connectivity index (χ2v) is 6.84. The molecular weight excluding hydrogens is 320 g/mol. The van der Waals surface area contributed by atoms with Gasteiger partial charge in [-0.3, -0.25) is 14.6 Å². The van der Waals surface area contributed by atoms with E-state index in [0.717, 1.165) is 24.9 Å². The number of piperidine rings is 1. The molecule has 2 fully saturated rings. The van der Waals surface area contributed by atoms with Crippen molar-refractivity contribution in [2.24, 2.45) is 5.41 Å². The van der Waals surface area contributed by atoms with E-state index >= 15 is 0 Å². The molecule has 0 N–H and O–H groups in total. The summed E-state index contributed by atoms with van der Waals surface area (Å²) in [5.74, 6) is -0.00880. The monoisotopic (exact) mass is 340 g/mol. The lowest BCUT2D eigenvalue weighted by molar-refractivity contribution is -0.127. The van der Waals surface area contributed by atoms with Crippen molar-refractivity contribution in [1.82, 2.24) is 15.0 Å². The molecule has 0 aromatic carbocycles. The van der Waals surface area contributed by atoms with E-state index in [4.69, 9.17) is 4.52 Å². The molecule has 4 rings (SSSR count). The normalized spacial score (nSPS) is 23.5. The van der Waals surface area contributed by atoms with Crippen LogP contribution < -0.4 is 4.90 Å². The van der Waals surface area contributed by atoms with E-state index in [-0.39, 0.29) is 11.8 Å². The number of hydrogen-bond donors (Lipinski definition) is 0. The van der Waals surface area contributed by atoms with E-state index in [0.29, 0.717) is 30.9 Å². The highest BCUT2D eigenvalue weighted by molar-refractivity contribution is 6.01. The van der Waals surface area contributed by atoms with Gasteiger partial charge in [0.05, 0.1) is 23.0 Å². The molecule has 1 spiro atoms. The van der Waals surface area contributed by atoms with Crippen LogP contribution >= 0.6 is 0 Å². The summed E-state index contributed by atoms with van der Waals surface area (Å²) in [6, 6.07) is 3.73. The Bertz CT molecular complexity index is 804. The molecule has 0 bridgehead atoms. The summed E-state index contributed by atoms with van der Waals surface area (Å²) in [5.41, 5.74) is 1.39. The number of amides is 2. The smallest absolute Gasteiger partial charge is 0.259 e. The third-order valence-electron chi connectivity index (χ3n) is 5.31. The first-order valence-corrected chi connectivity index (χ1v) is 8.53. The Morgan fingerprint density at radius 2 is 2.20 bits per heavy atom. The average Bonchev–Trinajstić information content (AvgIpc) is 3.20. The molecule has 2 aromatic heterocycles. The van der Waals surface area contributed by atoms with Crippen LogP contribution in [0, 0.1) is 12.3 Å². The molecule has 2 amide bonds. The number of rotatable bonds is 2. The minimum Gasteiger partial charge on any atom is -0.364 e. The molecule has 130 valence electrons. The summed E-state index contributed by atoms with van der Waals surface area (Å²) < 4.78 is 4.89. The summed E-state index contributed by atoms with van der Waals surface area (Å²) in [6.07, 6.45) is 7.19. The molecule has 0 aliphatic carbocycles. The number of likely N-dealkylation sites (tertiary alicyclic amines) is 1. The van der Waals surface area contributed by atoms with Crippen LogP contribution in [0.2, 0.25) is 0 Å². The lowest BCUT2D eigenvalue weighted by atomic mass is 9.78. The van der Waals surface area contributed by atoms with Gasteiger partial charge in [-0.1, -0.05) is 5.16 Å². The van der Waals surface area contributed by atoms with Crippen LogP contribution in [0.4, 0.5) is 5.69 Å². The summed E-state index contributed by atoms with van der Waals surface area (Å²) in [6.45, 7) is 3.53. The summed E-state index contributed by atoms with van der Waals surface area (Å²) in [7, 11) is 0. The molecule has 2 aliphatic rings. The van der Waals surface area contributed by atoms with Gasteiger partial charge in [-0.15, -0.1) is 0 Å². The molecule has 7 nitrogen and oxygen atoms in total. The lowest BCUT2D eigenvalue weighted by Gasteiger charge is -2.38. The number of nitrogens with zero attached hydrogens (tertiary/aromatic N) is 4. The zero-order valence-corrected chi connectivity index (χ0v) is 14.1. The van der Waals surface area contributed by atoms with Crippen LogP contribution in [0.25, 0.3) is 0 Å². The zero-order valence-electron chi connectivity index (χ0n) is 14.1. The second-order valence-electron chi connectivity index (χ2n) is 6.84. The van der Waals surface area contributed by atoms with Crippen molar-refractivity contribution >= 4 is 17.5 Å². The first-order valence-electron chi connectivity index (χ1n) is 8.53. The maximum Gasteiger partial charge on any atom is 0.259 e. The van der Waals surface area contributed by atoms with E-state index in [1.807, 2.05) is 12.1 Å². The number of aryl methyl sites for hydroxylation is 1. The molecule has 4 heterocycles. The Morgan fingerprint density at radius 1 is 1.32 bits per heavy atom. The number of pyridine rings is 1. The summed E-state index contributed by atoms with van der Waals surface area (Å²) in [4.78, 5) is 33.6. The van der Waals surface area contributed by atoms with Gasteiger partial charge in [-0.05, 0) is 38.3 Å². The topological polar surface area (TPSA) is 79.5 Å². The average molecular weight is 340 g/mol. The fraction of sp³-hybridized carbons (Fsp3) is 0.444. The highest BCUT2D eigenvalue weighted by Crippen LogP contribution is 2.42. The van der Waals surface area contributed by atoms with Crippen molar-refractivity contribution in [1.29, 1.82) is 0 Å². The van der Waals surface area contributed by atoms with Crippen molar-refractivity contribution in [2.75, 3.05) is 24.5 Å². The van der Waals surface area contributed by atoms with Crippen LogP contribution in [0.3, 0.4) is 0 Å². The van der Waals surface area contributed by atoms with Crippen LogP contribution in [0.5, 0.6) is 0 Å². The number of aromatic nitrogens is 2. The second kappa shape index (κ2) is 5.98. The quantitative estimate of drug-likeness (QED) is 0.836. The van der Waals surface area contributed by atoms with Gasteiger partial charge >= 0.3 is 0 Å². The highest BCUT2D eigenvalue weighted by Gasteiger charge is 2.50. The molecule has 2 aliphatic heterocycles. The van der Waals surface area contributed by atoms with Crippen LogP contribution in [-0.2, 0) is 4.79 Å². The number of carbonyl (C=O) groups is 2. The summed E-state index contributed by atoms with van der Waals surface area (Å²) >= 11 is 0. The van der Waals surface area contributed by atoms with E-state index in [1.54, 1.807) is 29.1 Å². The molecule has 2 saturated heterocycles. The Kier molecular flexibility index (Phi) is 3.78. The predicted molar refractivity (Wildman–Crippen MR) is 90.0 cm³/mol. The SMILES string of the molecule is Cc1nocc1C(=O)N1CCCC2(CCN(c3cccnc3)C2=O)C1. The Labute approximate surface area is 145 Å². The summed E-state index contributed by atoms with van der Waals surface area (Å²) in [5, 5.41) is 3.78. The van der Waals surface area contributed by atoms with E-state index in [2.05, 4.69) is 10.1 Å². The van der Waals surface area contributed by atoms with Gasteiger partial charge in [-0.25, -0.2) is 0 Å². The zero-order chi connectivity index (χ0) is 17.4. The lowest BCUT2D eigenvalue weighted by Crippen LogP contribution is -2.50. The Morgan fingerprint density at radius 3 is 2.92 bits per heavy atom. The largest absolute Gasteiger partial charge is 0.364 e. The van der Waals surface area contributed by atoms with Crippen molar-refractivity contribution < 1.29 is 14.1 Å². The molecule has 1 atom stereocenters. The van der Waals surface area contributed by atoms with Crippen LogP contribution in [0.15, 0.2) is 35.3 Å². The fourth-order valence-electron chi connectivity index (χ4n) is 3.93. The maximum absolute atomic E-state index is 13.1. The van der Waals surface area contributed by atoms with Gasteiger partial charge in [0, 0.05) is 25.8 Å². The molecule has 1 unspecified atom stereocenters. The van der Waals surface area contributed by atoms with Gasteiger partial charge < -0.3 is 14.3 Å². The minimum atomic E-state index is -0.491. The van der Waals surface area contributed by atoms with Crippen molar-refractivity contribution in [3.8, 4) is 0 Å². The standard InChI is InChI=1S/C18H20N4O3/c1-13-15(11-25-20-13)16(23)21-8-3-5-18(12-21)6-9-22(17(18)24)14-4-2-7-19-10-14/h2,4,7,10-11H,3,5-6,8-9,12H2,1H3. The molecule has 7 heteroatoms. The third kappa shape index (κ3) is 2.59. The van der Waals surface area contributed by atoms with Gasteiger partial charge in [0.25, 0.3) is 5.91 Å². The van der Waals surface area contributed by atoms with E-state index in [9.17, 15) is 9.59 Å². The first-order chi connectivity index (χ1) is 12.1. The Balaban J connectivity index is 1.56. The molecule has 25 heavy (non-hydrogen) atoms. The number of hydrogen-bond acceptors (Lipinski definition) is 5. The van der Waals surface area contributed by atoms with Gasteiger partial charge in [0.15, 0.2) is 0 Å². The first kappa shape index (κ1) is 15.8. The predicted octanol–water partition coefficient (Wildman–Crippen LogP) is 2.04. The number of anilines is 1. The highest BCUT2D eigenvalue weighted by atomic mass is 16.5. The van der Waals surface area contributed by atoms with E-state index < -0.39 is 5.41 Å². The number of carbonyl (C=O) groups excluding carboxylic acids is 2. The molecule has 0 radical (unpaired) electrons. The minimum absolute atomic E-state index is 0.0973.